The Labute approximate surface area is 181 Å². The Balaban J connectivity index is 1.15. The second kappa shape index (κ2) is 8.61. The molecule has 1 saturated heterocycles. The lowest BCUT2D eigenvalue weighted by molar-refractivity contribution is -0.119. The van der Waals surface area contributed by atoms with Gasteiger partial charge in [0.25, 0.3) is 0 Å². The van der Waals surface area contributed by atoms with Gasteiger partial charge in [0.15, 0.2) is 0 Å². The molecule has 2 aliphatic heterocycles. The zero-order valence-electron chi connectivity index (χ0n) is 17.3. The van der Waals surface area contributed by atoms with Crippen molar-refractivity contribution in [2.75, 3.05) is 5.32 Å². The van der Waals surface area contributed by atoms with E-state index in [0.717, 1.165) is 49.0 Å². The Morgan fingerprint density at radius 3 is 2.84 bits per heavy atom. The molecule has 4 heterocycles. The molecule has 3 N–H and O–H groups in total. The molecule has 5 rings (SSSR count). The number of nitrogens with zero attached hydrogens (tertiary/aromatic N) is 3. The number of fused-ring (bicyclic) bond motifs is 1. The highest BCUT2D eigenvalue weighted by atomic mass is 16.3. The third kappa shape index (κ3) is 4.24. The number of hydrogen-bond acceptors (Lipinski definition) is 5. The predicted octanol–water partition coefficient (Wildman–Crippen LogP) is 2.80. The second-order valence-electron chi connectivity index (χ2n) is 8.49. The van der Waals surface area contributed by atoms with Crippen molar-refractivity contribution in [3.8, 4) is 0 Å². The molecule has 0 unspecified atom stereocenters. The van der Waals surface area contributed by atoms with Crippen molar-refractivity contribution in [1.82, 2.24) is 20.1 Å². The van der Waals surface area contributed by atoms with Crippen LogP contribution in [0, 0.1) is 0 Å². The van der Waals surface area contributed by atoms with Crippen LogP contribution in [-0.4, -0.2) is 37.9 Å². The highest BCUT2D eigenvalue weighted by Crippen LogP contribution is 2.28. The standard InChI is InChI=1S/C24H27N5O2/c30-23(17-2-1-12-25-15-17)21-9-7-19(27-21)14-16-3-5-18(6-4-16)28-24(31)22-10-8-20-11-13-26-29(20)22/h1-6,11-13,15,19,21-23,27,30H,7-10,14H2,(H,28,31)/t19-,21+,22+,23+/m0/s1. The minimum absolute atomic E-state index is 0.0140. The van der Waals surface area contributed by atoms with Crippen LogP contribution >= 0.6 is 0 Å². The minimum Gasteiger partial charge on any atom is -0.387 e. The maximum atomic E-state index is 12.6. The van der Waals surface area contributed by atoms with Crippen LogP contribution in [0.1, 0.15) is 48.2 Å². The number of carbonyl (C=O) groups is 1. The van der Waals surface area contributed by atoms with Gasteiger partial charge in [-0.15, -0.1) is 0 Å². The van der Waals surface area contributed by atoms with Crippen LogP contribution in [0.15, 0.2) is 61.1 Å². The quantitative estimate of drug-likeness (QED) is 0.574. The lowest BCUT2D eigenvalue weighted by atomic mass is 10.0. The number of anilines is 1. The highest BCUT2D eigenvalue weighted by Gasteiger charge is 2.30. The number of hydrogen-bond donors (Lipinski definition) is 3. The maximum Gasteiger partial charge on any atom is 0.249 e. The molecule has 1 amide bonds. The van der Waals surface area contributed by atoms with E-state index in [-0.39, 0.29) is 18.0 Å². The van der Waals surface area contributed by atoms with Gasteiger partial charge in [-0.05, 0) is 61.9 Å². The largest absolute Gasteiger partial charge is 0.387 e. The molecule has 1 aromatic carbocycles. The van der Waals surface area contributed by atoms with Crippen LogP contribution in [0.3, 0.4) is 0 Å². The van der Waals surface area contributed by atoms with E-state index in [9.17, 15) is 9.90 Å². The van der Waals surface area contributed by atoms with Crippen LogP contribution in [-0.2, 0) is 17.6 Å². The van der Waals surface area contributed by atoms with Gasteiger partial charge in [0, 0.05) is 47.6 Å². The Bertz CT molecular complexity index is 1030. The van der Waals surface area contributed by atoms with Gasteiger partial charge < -0.3 is 15.7 Å². The second-order valence-corrected chi connectivity index (χ2v) is 8.49. The summed E-state index contributed by atoms with van der Waals surface area (Å²) in [5.41, 5.74) is 3.98. The summed E-state index contributed by atoms with van der Waals surface area (Å²) in [7, 11) is 0. The van der Waals surface area contributed by atoms with E-state index in [1.807, 2.05) is 35.0 Å². The molecule has 31 heavy (non-hydrogen) atoms. The smallest absolute Gasteiger partial charge is 0.249 e. The van der Waals surface area contributed by atoms with Crippen molar-refractivity contribution in [3.63, 3.8) is 0 Å². The van der Waals surface area contributed by atoms with E-state index >= 15 is 0 Å². The molecule has 7 heteroatoms. The summed E-state index contributed by atoms with van der Waals surface area (Å²) >= 11 is 0. The summed E-state index contributed by atoms with van der Waals surface area (Å²) in [5, 5.41) is 21.5. The van der Waals surface area contributed by atoms with Gasteiger partial charge in [-0.1, -0.05) is 18.2 Å². The molecule has 1 fully saturated rings. The Morgan fingerprint density at radius 2 is 2.03 bits per heavy atom. The van der Waals surface area contributed by atoms with Crippen molar-refractivity contribution in [2.45, 2.75) is 56.3 Å². The van der Waals surface area contributed by atoms with Crippen molar-refractivity contribution < 1.29 is 9.90 Å². The topological polar surface area (TPSA) is 92.1 Å². The van der Waals surface area contributed by atoms with Crippen LogP contribution < -0.4 is 10.6 Å². The average Bonchev–Trinajstić information content (AvgIpc) is 3.52. The molecule has 4 atom stereocenters. The van der Waals surface area contributed by atoms with Crippen molar-refractivity contribution in [2.24, 2.45) is 0 Å². The number of benzene rings is 1. The summed E-state index contributed by atoms with van der Waals surface area (Å²) in [6.07, 6.45) is 9.20. The number of carbonyl (C=O) groups excluding carboxylic acids is 1. The molecule has 160 valence electrons. The van der Waals surface area contributed by atoms with Crippen LogP contribution in [0.5, 0.6) is 0 Å². The molecule has 0 radical (unpaired) electrons. The van der Waals surface area contributed by atoms with E-state index < -0.39 is 6.10 Å². The summed E-state index contributed by atoms with van der Waals surface area (Å²) in [4.78, 5) is 16.7. The number of pyridine rings is 1. The van der Waals surface area contributed by atoms with E-state index in [1.165, 1.54) is 5.56 Å². The molecular formula is C24H27N5O2. The third-order valence-electron chi connectivity index (χ3n) is 6.41. The third-order valence-corrected chi connectivity index (χ3v) is 6.41. The lowest BCUT2D eigenvalue weighted by Crippen LogP contribution is -2.35. The summed E-state index contributed by atoms with van der Waals surface area (Å²) in [5.74, 6) is -0.0140. The molecule has 3 aromatic rings. The SMILES string of the molecule is O=C(Nc1ccc(C[C@@H]2CC[C@H]([C@H](O)c3cccnc3)N2)cc1)[C@H]1CCc2ccnn21. The highest BCUT2D eigenvalue weighted by molar-refractivity contribution is 5.94. The molecule has 0 aliphatic carbocycles. The minimum atomic E-state index is -0.540. The predicted molar refractivity (Wildman–Crippen MR) is 118 cm³/mol. The molecular weight excluding hydrogens is 390 g/mol. The first-order valence-corrected chi connectivity index (χ1v) is 10.9. The van der Waals surface area contributed by atoms with Crippen LogP contribution in [0.25, 0.3) is 0 Å². The van der Waals surface area contributed by atoms with Gasteiger partial charge in [0.05, 0.1) is 6.10 Å². The molecule has 2 aliphatic rings. The van der Waals surface area contributed by atoms with Crippen molar-refractivity contribution in [1.29, 1.82) is 0 Å². The lowest BCUT2D eigenvalue weighted by Gasteiger charge is -2.20. The fourth-order valence-electron chi connectivity index (χ4n) is 4.75. The molecule has 0 bridgehead atoms. The fraction of sp³-hybridized carbons (Fsp3) is 0.375. The van der Waals surface area contributed by atoms with E-state index in [4.69, 9.17) is 0 Å². The number of nitrogens with one attached hydrogen (secondary N) is 2. The normalized spacial score (nSPS) is 23.5. The number of rotatable bonds is 6. The molecule has 0 spiro atoms. The van der Waals surface area contributed by atoms with Crippen molar-refractivity contribution in [3.05, 3.63) is 77.9 Å². The molecule has 7 nitrogen and oxygen atoms in total. The summed E-state index contributed by atoms with van der Waals surface area (Å²) < 4.78 is 1.83. The average molecular weight is 418 g/mol. The first-order chi connectivity index (χ1) is 15.2. The van der Waals surface area contributed by atoms with Gasteiger partial charge >= 0.3 is 0 Å². The van der Waals surface area contributed by atoms with Gasteiger partial charge in [-0.25, -0.2) is 0 Å². The van der Waals surface area contributed by atoms with Gasteiger partial charge in [-0.3, -0.25) is 14.5 Å². The first kappa shape index (κ1) is 19.9. The molecule has 0 saturated carbocycles. The Morgan fingerprint density at radius 1 is 1.16 bits per heavy atom. The maximum absolute atomic E-state index is 12.6. The van der Waals surface area contributed by atoms with Crippen molar-refractivity contribution >= 4 is 11.6 Å². The zero-order chi connectivity index (χ0) is 21.2. The van der Waals surface area contributed by atoms with E-state index in [0.29, 0.717) is 6.04 Å². The van der Waals surface area contributed by atoms with Gasteiger partial charge in [0.2, 0.25) is 5.91 Å². The number of aliphatic hydroxyl groups excluding tert-OH is 1. The monoisotopic (exact) mass is 417 g/mol. The van der Waals surface area contributed by atoms with Gasteiger partial charge in [-0.2, -0.15) is 5.10 Å². The number of amides is 1. The number of aromatic nitrogens is 3. The fourth-order valence-corrected chi connectivity index (χ4v) is 4.75. The molecule has 2 aromatic heterocycles. The number of aliphatic hydroxyl groups is 1. The Hall–Kier alpha value is -3.03. The Kier molecular flexibility index (Phi) is 5.53. The summed E-state index contributed by atoms with van der Waals surface area (Å²) in [6.45, 7) is 0. The van der Waals surface area contributed by atoms with Gasteiger partial charge in [0.1, 0.15) is 6.04 Å². The number of aryl methyl sites for hydroxylation is 1. The van der Waals surface area contributed by atoms with E-state index in [1.54, 1.807) is 18.6 Å². The zero-order valence-corrected chi connectivity index (χ0v) is 17.3. The van der Waals surface area contributed by atoms with Crippen LogP contribution in [0.4, 0.5) is 5.69 Å². The van der Waals surface area contributed by atoms with E-state index in [2.05, 4.69) is 32.8 Å². The first-order valence-electron chi connectivity index (χ1n) is 10.9. The summed E-state index contributed by atoms with van der Waals surface area (Å²) in [6, 6.07) is 13.9. The van der Waals surface area contributed by atoms with Crippen LogP contribution in [0.2, 0.25) is 0 Å².